The van der Waals surface area contributed by atoms with Crippen molar-refractivity contribution < 1.29 is 0 Å². The molecule has 1 nitrogen and oxygen atoms in total. The van der Waals surface area contributed by atoms with Crippen molar-refractivity contribution in [3.63, 3.8) is 0 Å². The maximum absolute atomic E-state index is 6.28. The zero-order valence-corrected chi connectivity index (χ0v) is 14.9. The summed E-state index contributed by atoms with van der Waals surface area (Å²) < 4.78 is 0. The smallest absolute Gasteiger partial charge is 0.0409 e. The highest BCUT2D eigenvalue weighted by atomic mass is 35.5. The van der Waals surface area contributed by atoms with Crippen LogP contribution in [-0.2, 0) is 6.42 Å². The molecule has 0 amide bonds. The topological polar surface area (TPSA) is 3.24 Å². The summed E-state index contributed by atoms with van der Waals surface area (Å²) in [6, 6.07) is 15.8. The fourth-order valence-electron chi connectivity index (χ4n) is 3.83. The third kappa shape index (κ3) is 3.31. The van der Waals surface area contributed by atoms with Crippen LogP contribution in [0.2, 0.25) is 5.02 Å². The fraction of sp³-hybridized carbons (Fsp3) is 0.400. The van der Waals surface area contributed by atoms with Gasteiger partial charge in [-0.3, -0.25) is 4.90 Å². The van der Waals surface area contributed by atoms with Crippen LogP contribution in [0, 0.1) is 0 Å². The van der Waals surface area contributed by atoms with Crippen LogP contribution in [-0.4, -0.2) is 18.0 Å². The van der Waals surface area contributed by atoms with Gasteiger partial charge in [-0.05, 0) is 67.7 Å². The van der Waals surface area contributed by atoms with Crippen molar-refractivity contribution in [3.8, 4) is 0 Å². The monoisotopic (exact) mass is 343 g/mol. The maximum atomic E-state index is 6.28. The highest BCUT2D eigenvalue weighted by Crippen LogP contribution is 2.43. The molecule has 1 saturated heterocycles. The zero-order chi connectivity index (χ0) is 15.6. The molecule has 2 aromatic carbocycles. The van der Waals surface area contributed by atoms with Crippen LogP contribution in [0.5, 0.6) is 0 Å². The van der Waals surface area contributed by atoms with Gasteiger partial charge >= 0.3 is 0 Å². The van der Waals surface area contributed by atoms with Gasteiger partial charge in [0.2, 0.25) is 0 Å². The van der Waals surface area contributed by atoms with E-state index in [1.165, 1.54) is 59.7 Å². The molecule has 0 N–H and O–H groups in total. The lowest BCUT2D eigenvalue weighted by atomic mass is 9.97. The number of hydrogen-bond acceptors (Lipinski definition) is 2. The Kier molecular flexibility index (Phi) is 4.66. The molecule has 4 rings (SSSR count). The van der Waals surface area contributed by atoms with Crippen LogP contribution in [0.25, 0.3) is 0 Å². The summed E-state index contributed by atoms with van der Waals surface area (Å²) >= 11 is 8.18. The number of hydrogen-bond donors (Lipinski definition) is 0. The van der Waals surface area contributed by atoms with Crippen molar-refractivity contribution in [1.29, 1.82) is 0 Å². The lowest BCUT2D eigenvalue weighted by Gasteiger charge is -2.31. The first-order chi connectivity index (χ1) is 11.3. The molecule has 1 fully saturated rings. The standard InChI is InChI=1S/C20H22ClNS/c21-16-9-10-19-15(13-16)14-18(22-11-5-1-2-6-12-22)17-7-3-4-8-20(17)23-19/h3-4,7-10,13,18H,1-2,5-6,11-12,14H2. The van der Waals surface area contributed by atoms with Gasteiger partial charge in [-0.2, -0.15) is 0 Å². The van der Waals surface area contributed by atoms with E-state index >= 15 is 0 Å². The predicted molar refractivity (Wildman–Crippen MR) is 98.5 cm³/mol. The zero-order valence-electron chi connectivity index (χ0n) is 13.3. The Morgan fingerprint density at radius 1 is 0.913 bits per heavy atom. The molecule has 0 spiro atoms. The quantitative estimate of drug-likeness (QED) is 0.628. The van der Waals surface area contributed by atoms with E-state index in [4.69, 9.17) is 11.6 Å². The number of nitrogens with zero attached hydrogens (tertiary/aromatic N) is 1. The van der Waals surface area contributed by atoms with E-state index < -0.39 is 0 Å². The van der Waals surface area contributed by atoms with Crippen molar-refractivity contribution in [2.75, 3.05) is 13.1 Å². The minimum atomic E-state index is 0.483. The van der Waals surface area contributed by atoms with Gasteiger partial charge in [0.15, 0.2) is 0 Å². The van der Waals surface area contributed by atoms with Crippen LogP contribution >= 0.6 is 23.4 Å². The summed E-state index contributed by atoms with van der Waals surface area (Å²) in [5.74, 6) is 0. The van der Waals surface area contributed by atoms with Crippen LogP contribution < -0.4 is 0 Å². The number of fused-ring (bicyclic) bond motifs is 2. The van der Waals surface area contributed by atoms with Crippen molar-refractivity contribution in [2.24, 2.45) is 0 Å². The first-order valence-electron chi connectivity index (χ1n) is 8.60. The van der Waals surface area contributed by atoms with Gasteiger partial charge in [-0.1, -0.05) is 54.4 Å². The Morgan fingerprint density at radius 3 is 2.52 bits per heavy atom. The van der Waals surface area contributed by atoms with Crippen molar-refractivity contribution in [1.82, 2.24) is 4.90 Å². The number of benzene rings is 2. The Labute approximate surface area is 148 Å². The summed E-state index contributed by atoms with van der Waals surface area (Å²) in [5, 5.41) is 0.852. The number of halogens is 1. The van der Waals surface area contributed by atoms with Gasteiger partial charge in [0.05, 0.1) is 0 Å². The summed E-state index contributed by atoms with van der Waals surface area (Å²) in [7, 11) is 0. The fourth-order valence-corrected chi connectivity index (χ4v) is 5.13. The van der Waals surface area contributed by atoms with Crippen molar-refractivity contribution in [3.05, 3.63) is 58.6 Å². The van der Waals surface area contributed by atoms with Crippen LogP contribution in [0.1, 0.15) is 42.9 Å². The molecule has 2 aliphatic rings. The second kappa shape index (κ2) is 6.88. The third-order valence-corrected chi connectivity index (χ3v) is 6.46. The van der Waals surface area contributed by atoms with E-state index in [1.807, 2.05) is 17.8 Å². The molecular formula is C20H22ClNS. The second-order valence-corrected chi connectivity index (χ2v) is 8.08. The third-order valence-electron chi connectivity index (χ3n) is 5.02. The molecule has 2 heterocycles. The minimum Gasteiger partial charge on any atom is -0.296 e. The summed E-state index contributed by atoms with van der Waals surface area (Å²) in [5.41, 5.74) is 2.89. The first-order valence-corrected chi connectivity index (χ1v) is 9.80. The normalized spacial score (nSPS) is 21.9. The lowest BCUT2D eigenvalue weighted by Crippen LogP contribution is -2.31. The Hall–Kier alpha value is -0.960. The van der Waals surface area contributed by atoms with Gasteiger partial charge in [0, 0.05) is 20.9 Å². The van der Waals surface area contributed by atoms with Crippen molar-refractivity contribution >= 4 is 23.4 Å². The molecule has 0 aromatic heterocycles. The van der Waals surface area contributed by atoms with Crippen molar-refractivity contribution in [2.45, 2.75) is 47.9 Å². The molecule has 0 bridgehead atoms. The van der Waals surface area contributed by atoms with Crippen LogP contribution in [0.15, 0.2) is 52.3 Å². The highest BCUT2D eigenvalue weighted by molar-refractivity contribution is 7.99. The van der Waals surface area contributed by atoms with Gasteiger partial charge in [-0.25, -0.2) is 0 Å². The van der Waals surface area contributed by atoms with E-state index in [-0.39, 0.29) is 0 Å². The van der Waals surface area contributed by atoms with Crippen LogP contribution in [0.4, 0.5) is 0 Å². The molecule has 0 saturated carbocycles. The maximum Gasteiger partial charge on any atom is 0.0409 e. The Bertz CT molecular complexity index is 692. The van der Waals surface area contributed by atoms with E-state index in [0.717, 1.165) is 11.4 Å². The molecule has 2 aliphatic heterocycles. The molecule has 1 atom stereocenters. The SMILES string of the molecule is Clc1ccc2c(c1)CC(N1CCCCCC1)c1ccccc1S2. The van der Waals surface area contributed by atoms with E-state index in [1.54, 1.807) is 0 Å². The average molecular weight is 344 g/mol. The van der Waals surface area contributed by atoms with E-state index in [9.17, 15) is 0 Å². The summed E-state index contributed by atoms with van der Waals surface area (Å²) in [6.45, 7) is 2.44. The second-order valence-electron chi connectivity index (χ2n) is 6.56. The first kappa shape index (κ1) is 15.6. The number of rotatable bonds is 1. The van der Waals surface area contributed by atoms with Gasteiger partial charge in [0.1, 0.15) is 0 Å². The molecule has 23 heavy (non-hydrogen) atoms. The largest absolute Gasteiger partial charge is 0.296 e. The lowest BCUT2D eigenvalue weighted by molar-refractivity contribution is 0.201. The molecule has 1 unspecified atom stereocenters. The van der Waals surface area contributed by atoms with E-state index in [2.05, 4.69) is 41.3 Å². The average Bonchev–Trinajstić information content (AvgIpc) is 2.91. The predicted octanol–water partition coefficient (Wildman–Crippen LogP) is 5.96. The minimum absolute atomic E-state index is 0.483. The molecule has 120 valence electrons. The Morgan fingerprint density at radius 2 is 1.70 bits per heavy atom. The molecule has 2 aromatic rings. The number of likely N-dealkylation sites (tertiary alicyclic amines) is 1. The van der Waals surface area contributed by atoms with Gasteiger partial charge < -0.3 is 0 Å². The summed E-state index contributed by atoms with van der Waals surface area (Å²) in [6.07, 6.45) is 6.48. The van der Waals surface area contributed by atoms with Crippen LogP contribution in [0.3, 0.4) is 0 Å². The molecule has 0 aliphatic carbocycles. The Balaban J connectivity index is 1.76. The van der Waals surface area contributed by atoms with Gasteiger partial charge in [0.25, 0.3) is 0 Å². The van der Waals surface area contributed by atoms with Gasteiger partial charge in [-0.15, -0.1) is 0 Å². The highest BCUT2D eigenvalue weighted by Gasteiger charge is 2.27. The molecule has 3 heteroatoms. The van der Waals surface area contributed by atoms with E-state index in [0.29, 0.717) is 6.04 Å². The summed E-state index contributed by atoms with van der Waals surface area (Å²) in [4.78, 5) is 5.48. The molecular weight excluding hydrogens is 322 g/mol. The molecule has 0 radical (unpaired) electrons.